The molecule has 2 aromatic rings. The van der Waals surface area contributed by atoms with E-state index in [1.54, 1.807) is 17.0 Å². The van der Waals surface area contributed by atoms with E-state index in [1.807, 2.05) is 25.2 Å². The number of hydrogen-bond donors (Lipinski definition) is 3. The van der Waals surface area contributed by atoms with Crippen LogP contribution in [0.15, 0.2) is 30.6 Å². The lowest BCUT2D eigenvalue weighted by atomic mass is 10.2. The van der Waals surface area contributed by atoms with Crippen molar-refractivity contribution in [3.8, 4) is 0 Å². The van der Waals surface area contributed by atoms with Crippen LogP contribution in [0.4, 0.5) is 10.5 Å². The van der Waals surface area contributed by atoms with Crippen molar-refractivity contribution in [2.75, 3.05) is 5.32 Å². The summed E-state index contributed by atoms with van der Waals surface area (Å²) < 4.78 is 1.75. The average Bonchev–Trinajstić information content (AvgIpc) is 2.82. The zero-order valence-electron chi connectivity index (χ0n) is 10.6. The first-order chi connectivity index (χ1) is 9.19. The summed E-state index contributed by atoms with van der Waals surface area (Å²) in [6.07, 6.45) is 1.58. The summed E-state index contributed by atoms with van der Waals surface area (Å²) in [4.78, 5) is 11.7. The quantitative estimate of drug-likeness (QED) is 0.749. The third kappa shape index (κ3) is 3.52. The van der Waals surface area contributed by atoms with E-state index in [-0.39, 0.29) is 6.03 Å². The van der Waals surface area contributed by atoms with Crippen LogP contribution in [-0.4, -0.2) is 20.8 Å². The van der Waals surface area contributed by atoms with Crippen molar-refractivity contribution < 1.29 is 4.79 Å². The van der Waals surface area contributed by atoms with Crippen LogP contribution in [0.1, 0.15) is 11.4 Å². The maximum Gasteiger partial charge on any atom is 0.319 e. The SMILES string of the molecule is Cn1cnnc1CNC(=O)Nc1cccc(CN)c1. The smallest absolute Gasteiger partial charge is 0.319 e. The minimum absolute atomic E-state index is 0.294. The Balaban J connectivity index is 1.89. The first kappa shape index (κ1) is 13.0. The Morgan fingerprint density at radius 3 is 3.00 bits per heavy atom. The van der Waals surface area contributed by atoms with Crippen LogP contribution in [0.3, 0.4) is 0 Å². The van der Waals surface area contributed by atoms with Crippen LogP contribution in [0.25, 0.3) is 0 Å². The molecule has 0 spiro atoms. The third-order valence-corrected chi connectivity index (χ3v) is 2.63. The van der Waals surface area contributed by atoms with Gasteiger partial charge < -0.3 is 20.9 Å². The number of urea groups is 1. The third-order valence-electron chi connectivity index (χ3n) is 2.63. The summed E-state index contributed by atoms with van der Waals surface area (Å²) in [5.41, 5.74) is 7.21. The minimum atomic E-state index is -0.294. The lowest BCUT2D eigenvalue weighted by molar-refractivity contribution is 0.251. The zero-order valence-corrected chi connectivity index (χ0v) is 10.6. The monoisotopic (exact) mass is 260 g/mol. The van der Waals surface area contributed by atoms with Gasteiger partial charge in [0.25, 0.3) is 0 Å². The van der Waals surface area contributed by atoms with Gasteiger partial charge in [-0.25, -0.2) is 4.79 Å². The second-order valence-corrected chi connectivity index (χ2v) is 4.07. The van der Waals surface area contributed by atoms with Gasteiger partial charge in [0.1, 0.15) is 6.33 Å². The van der Waals surface area contributed by atoms with Gasteiger partial charge in [0.2, 0.25) is 0 Å². The van der Waals surface area contributed by atoms with Crippen LogP contribution in [0, 0.1) is 0 Å². The lowest BCUT2D eigenvalue weighted by Crippen LogP contribution is -2.29. The number of nitrogens with zero attached hydrogens (tertiary/aromatic N) is 3. The van der Waals surface area contributed by atoms with E-state index in [1.165, 1.54) is 0 Å². The number of anilines is 1. The molecule has 0 aliphatic rings. The normalized spacial score (nSPS) is 10.2. The molecule has 0 saturated carbocycles. The van der Waals surface area contributed by atoms with Crippen molar-refractivity contribution in [3.05, 3.63) is 42.0 Å². The predicted molar refractivity (Wildman–Crippen MR) is 71.2 cm³/mol. The van der Waals surface area contributed by atoms with E-state index in [9.17, 15) is 4.79 Å². The van der Waals surface area contributed by atoms with E-state index in [4.69, 9.17) is 5.73 Å². The molecule has 0 aliphatic carbocycles. The molecule has 0 aliphatic heterocycles. The Labute approximate surface area is 110 Å². The summed E-state index contributed by atoms with van der Waals surface area (Å²) in [5, 5.41) is 13.1. The molecule has 1 aromatic heterocycles. The van der Waals surface area contributed by atoms with Gasteiger partial charge in [-0.3, -0.25) is 0 Å². The lowest BCUT2D eigenvalue weighted by Gasteiger charge is -2.08. The van der Waals surface area contributed by atoms with Crippen molar-refractivity contribution in [1.29, 1.82) is 0 Å². The molecule has 2 amide bonds. The number of aryl methyl sites for hydroxylation is 1. The van der Waals surface area contributed by atoms with Crippen LogP contribution in [0.5, 0.6) is 0 Å². The molecule has 0 fully saturated rings. The van der Waals surface area contributed by atoms with Gasteiger partial charge in [-0.2, -0.15) is 0 Å². The van der Waals surface area contributed by atoms with Gasteiger partial charge in [0.05, 0.1) is 6.54 Å². The molecule has 2 rings (SSSR count). The summed E-state index contributed by atoms with van der Waals surface area (Å²) in [6, 6.07) is 7.10. The maximum atomic E-state index is 11.7. The molecule has 0 saturated heterocycles. The number of carbonyl (C=O) groups excluding carboxylic acids is 1. The van der Waals surface area contributed by atoms with Crippen molar-refractivity contribution in [1.82, 2.24) is 20.1 Å². The number of carbonyl (C=O) groups is 1. The molecule has 0 radical (unpaired) electrons. The molecule has 7 heteroatoms. The standard InChI is InChI=1S/C12H16N6O/c1-18-8-15-17-11(18)7-14-12(19)16-10-4-2-3-9(5-10)6-13/h2-5,8H,6-7,13H2,1H3,(H2,14,16,19). The topological polar surface area (TPSA) is 97.9 Å². The van der Waals surface area contributed by atoms with E-state index in [0.29, 0.717) is 24.6 Å². The van der Waals surface area contributed by atoms with Gasteiger partial charge in [-0.1, -0.05) is 12.1 Å². The van der Waals surface area contributed by atoms with E-state index >= 15 is 0 Å². The highest BCUT2D eigenvalue weighted by Crippen LogP contribution is 2.09. The first-order valence-corrected chi connectivity index (χ1v) is 5.86. The van der Waals surface area contributed by atoms with E-state index in [2.05, 4.69) is 20.8 Å². The number of nitrogens with one attached hydrogen (secondary N) is 2. The number of aromatic nitrogens is 3. The number of hydrogen-bond acceptors (Lipinski definition) is 4. The Morgan fingerprint density at radius 2 is 2.32 bits per heavy atom. The Kier molecular flexibility index (Phi) is 4.09. The van der Waals surface area contributed by atoms with E-state index < -0.39 is 0 Å². The van der Waals surface area contributed by atoms with Crippen LogP contribution in [0.2, 0.25) is 0 Å². The molecule has 0 unspecified atom stereocenters. The largest absolute Gasteiger partial charge is 0.331 e. The van der Waals surface area contributed by atoms with E-state index in [0.717, 1.165) is 5.56 Å². The highest BCUT2D eigenvalue weighted by atomic mass is 16.2. The summed E-state index contributed by atoms with van der Waals surface area (Å²) in [5.74, 6) is 0.686. The van der Waals surface area contributed by atoms with Crippen molar-refractivity contribution in [2.24, 2.45) is 12.8 Å². The molecule has 0 bridgehead atoms. The molecule has 19 heavy (non-hydrogen) atoms. The molecule has 1 heterocycles. The maximum absolute atomic E-state index is 11.7. The zero-order chi connectivity index (χ0) is 13.7. The highest BCUT2D eigenvalue weighted by molar-refractivity contribution is 5.89. The van der Waals surface area contributed by atoms with Crippen molar-refractivity contribution >= 4 is 11.7 Å². The fraction of sp³-hybridized carbons (Fsp3) is 0.250. The second kappa shape index (κ2) is 5.96. The molecular weight excluding hydrogens is 244 g/mol. The summed E-state index contributed by atoms with van der Waals surface area (Å²) in [6.45, 7) is 0.759. The van der Waals surface area contributed by atoms with Crippen molar-refractivity contribution in [2.45, 2.75) is 13.1 Å². The Bertz CT molecular complexity index is 565. The van der Waals surface area contributed by atoms with Gasteiger partial charge >= 0.3 is 6.03 Å². The molecule has 4 N–H and O–H groups in total. The molecule has 1 aromatic carbocycles. The molecule has 0 atom stereocenters. The number of amides is 2. The van der Waals surface area contributed by atoms with Gasteiger partial charge in [0.15, 0.2) is 5.82 Å². The van der Waals surface area contributed by atoms with Gasteiger partial charge in [0, 0.05) is 19.3 Å². The fourth-order valence-corrected chi connectivity index (χ4v) is 1.58. The highest BCUT2D eigenvalue weighted by Gasteiger charge is 2.05. The summed E-state index contributed by atoms with van der Waals surface area (Å²) in [7, 11) is 1.82. The fourth-order valence-electron chi connectivity index (χ4n) is 1.58. The van der Waals surface area contributed by atoms with Crippen LogP contribution >= 0.6 is 0 Å². The summed E-state index contributed by atoms with van der Waals surface area (Å²) >= 11 is 0. The minimum Gasteiger partial charge on any atom is -0.331 e. The Morgan fingerprint density at radius 1 is 1.47 bits per heavy atom. The number of nitrogens with two attached hydrogens (primary N) is 1. The van der Waals surface area contributed by atoms with Crippen LogP contribution < -0.4 is 16.4 Å². The Hall–Kier alpha value is -2.41. The molecule has 7 nitrogen and oxygen atoms in total. The average molecular weight is 260 g/mol. The second-order valence-electron chi connectivity index (χ2n) is 4.07. The number of benzene rings is 1. The van der Waals surface area contributed by atoms with Gasteiger partial charge in [-0.15, -0.1) is 10.2 Å². The molecule has 100 valence electrons. The van der Waals surface area contributed by atoms with Crippen LogP contribution in [-0.2, 0) is 20.1 Å². The first-order valence-electron chi connectivity index (χ1n) is 5.86. The number of rotatable bonds is 4. The van der Waals surface area contributed by atoms with Gasteiger partial charge in [-0.05, 0) is 17.7 Å². The van der Waals surface area contributed by atoms with Crippen molar-refractivity contribution in [3.63, 3.8) is 0 Å². The molecular formula is C12H16N6O. The predicted octanol–water partition coefficient (Wildman–Crippen LogP) is 0.595.